The highest BCUT2D eigenvalue weighted by molar-refractivity contribution is 5.90. The van der Waals surface area contributed by atoms with E-state index in [1.807, 2.05) is 0 Å². The molecular weight excluding hydrogens is 232 g/mol. The van der Waals surface area contributed by atoms with Gasteiger partial charge in [-0.15, -0.1) is 0 Å². The third-order valence-corrected chi connectivity index (χ3v) is 3.31. The molecule has 1 N–H and O–H groups in total. The van der Waals surface area contributed by atoms with E-state index in [9.17, 15) is 9.90 Å². The van der Waals surface area contributed by atoms with Crippen molar-refractivity contribution in [3.63, 3.8) is 0 Å². The van der Waals surface area contributed by atoms with Crippen LogP contribution >= 0.6 is 0 Å². The van der Waals surface area contributed by atoms with Crippen LogP contribution in [-0.2, 0) is 14.3 Å². The number of ether oxygens (including phenoxy) is 2. The average Bonchev–Trinajstić information content (AvgIpc) is 2.75. The van der Waals surface area contributed by atoms with E-state index in [1.165, 1.54) is 0 Å². The van der Waals surface area contributed by atoms with Crippen LogP contribution in [0, 0.1) is 0 Å². The lowest BCUT2D eigenvalue weighted by atomic mass is 9.99. The molecule has 2 rings (SSSR count). The molecule has 0 aromatic rings. The maximum absolute atomic E-state index is 11.9. The second-order valence-electron chi connectivity index (χ2n) is 5.32. The van der Waals surface area contributed by atoms with E-state index in [2.05, 4.69) is 6.08 Å². The Kier molecular flexibility index (Phi) is 3.48. The zero-order valence-corrected chi connectivity index (χ0v) is 11.2. The molecule has 18 heavy (non-hydrogen) atoms. The van der Waals surface area contributed by atoms with Gasteiger partial charge in [-0.3, -0.25) is 0 Å². The van der Waals surface area contributed by atoms with Gasteiger partial charge in [0.25, 0.3) is 0 Å². The van der Waals surface area contributed by atoms with Crippen molar-refractivity contribution in [3.05, 3.63) is 23.0 Å². The molecule has 1 aliphatic carbocycles. The van der Waals surface area contributed by atoms with Crippen molar-refractivity contribution < 1.29 is 19.4 Å². The summed E-state index contributed by atoms with van der Waals surface area (Å²) in [6.07, 6.45) is 4.73. The van der Waals surface area contributed by atoms with Gasteiger partial charge in [0.05, 0.1) is 11.7 Å². The molecule has 0 bridgehead atoms. The van der Waals surface area contributed by atoms with E-state index >= 15 is 0 Å². The van der Waals surface area contributed by atoms with Crippen molar-refractivity contribution in [1.29, 1.82) is 0 Å². The van der Waals surface area contributed by atoms with Crippen LogP contribution in [0.3, 0.4) is 0 Å². The van der Waals surface area contributed by atoms with Crippen LogP contribution in [0.1, 0.15) is 46.5 Å². The minimum atomic E-state index is -0.914. The minimum Gasteiger partial charge on any atom is -0.457 e. The number of aliphatic hydroxyl groups excluding tert-OH is 1. The molecule has 0 aromatic heterocycles. The Bertz CT molecular complexity index is 418. The maximum Gasteiger partial charge on any atom is 0.340 e. The maximum atomic E-state index is 11.9. The summed E-state index contributed by atoms with van der Waals surface area (Å²) in [6.45, 7) is 5.13. The van der Waals surface area contributed by atoms with Crippen LogP contribution < -0.4 is 0 Å². The van der Waals surface area contributed by atoms with E-state index in [1.54, 1.807) is 20.8 Å². The molecule has 1 aliphatic heterocycles. The summed E-state index contributed by atoms with van der Waals surface area (Å²) in [5.41, 5.74) is 1.46. The number of hydrogen-bond acceptors (Lipinski definition) is 4. The lowest BCUT2D eigenvalue weighted by Gasteiger charge is -2.33. The molecule has 4 heteroatoms. The minimum absolute atomic E-state index is 0.270. The summed E-state index contributed by atoms with van der Waals surface area (Å²) in [5.74, 6) is -0.752. The predicted octanol–water partition coefficient (Wildman–Crippen LogP) is 2.43. The van der Waals surface area contributed by atoms with Crippen LogP contribution in [0.4, 0.5) is 0 Å². The molecule has 1 atom stereocenters. The molecule has 100 valence electrons. The first-order valence-corrected chi connectivity index (χ1v) is 6.38. The second kappa shape index (κ2) is 4.76. The van der Waals surface area contributed by atoms with E-state index in [0.29, 0.717) is 11.3 Å². The van der Waals surface area contributed by atoms with Crippen LogP contribution in [0.25, 0.3) is 0 Å². The van der Waals surface area contributed by atoms with Gasteiger partial charge in [-0.05, 0) is 31.8 Å². The summed E-state index contributed by atoms with van der Waals surface area (Å²) < 4.78 is 10.7. The van der Waals surface area contributed by atoms with E-state index in [-0.39, 0.29) is 12.4 Å². The van der Waals surface area contributed by atoms with Gasteiger partial charge < -0.3 is 14.6 Å². The second-order valence-corrected chi connectivity index (χ2v) is 5.32. The lowest BCUT2D eigenvalue weighted by Crippen LogP contribution is -2.37. The summed E-state index contributed by atoms with van der Waals surface area (Å²) in [4.78, 5) is 11.9. The zero-order chi connectivity index (χ0) is 13.3. The molecule has 2 aliphatic rings. The van der Waals surface area contributed by atoms with Gasteiger partial charge in [0.15, 0.2) is 0 Å². The number of allylic oxidation sites excluding steroid dienone is 2. The van der Waals surface area contributed by atoms with Crippen LogP contribution in [0.5, 0.6) is 0 Å². The highest BCUT2D eigenvalue weighted by Gasteiger charge is 2.35. The van der Waals surface area contributed by atoms with Crippen molar-refractivity contribution in [2.75, 3.05) is 0 Å². The standard InChI is InChI=1S/C14H20O4/c1-9-11(13(16)18-14(2,3)17-9)8-12(15)10-6-4-5-7-10/h6,12,15H,4-5,7-8H2,1-3H3. The van der Waals surface area contributed by atoms with Gasteiger partial charge in [-0.25, -0.2) is 4.79 Å². The van der Waals surface area contributed by atoms with Gasteiger partial charge in [-0.2, -0.15) is 0 Å². The van der Waals surface area contributed by atoms with Gasteiger partial charge >= 0.3 is 5.97 Å². The molecule has 0 spiro atoms. The third-order valence-electron chi connectivity index (χ3n) is 3.31. The summed E-state index contributed by atoms with van der Waals surface area (Å²) in [5, 5.41) is 10.1. The fourth-order valence-electron chi connectivity index (χ4n) is 2.43. The Hall–Kier alpha value is -1.29. The van der Waals surface area contributed by atoms with E-state index < -0.39 is 11.9 Å². The van der Waals surface area contributed by atoms with Gasteiger partial charge in [0, 0.05) is 20.3 Å². The number of carbonyl (C=O) groups excluding carboxylic acids is 1. The number of carbonyl (C=O) groups is 1. The normalized spacial score (nSPS) is 24.4. The molecule has 0 saturated carbocycles. The Morgan fingerprint density at radius 1 is 1.44 bits per heavy atom. The van der Waals surface area contributed by atoms with Crippen molar-refractivity contribution in [2.45, 2.75) is 58.3 Å². The third kappa shape index (κ3) is 2.75. The summed E-state index contributed by atoms with van der Waals surface area (Å²) >= 11 is 0. The first kappa shape index (κ1) is 13.1. The Morgan fingerprint density at radius 2 is 2.17 bits per heavy atom. The van der Waals surface area contributed by atoms with Crippen molar-refractivity contribution in [3.8, 4) is 0 Å². The molecule has 4 nitrogen and oxygen atoms in total. The topological polar surface area (TPSA) is 55.8 Å². The number of cyclic esters (lactones) is 1. The number of aliphatic hydroxyl groups is 1. The van der Waals surface area contributed by atoms with E-state index in [4.69, 9.17) is 9.47 Å². The monoisotopic (exact) mass is 252 g/mol. The van der Waals surface area contributed by atoms with Crippen LogP contribution in [0.2, 0.25) is 0 Å². The molecule has 0 aromatic carbocycles. The summed E-state index contributed by atoms with van der Waals surface area (Å²) in [7, 11) is 0. The van der Waals surface area contributed by atoms with Gasteiger partial charge in [0.1, 0.15) is 5.76 Å². The van der Waals surface area contributed by atoms with Crippen LogP contribution in [-0.4, -0.2) is 23.0 Å². The molecule has 1 unspecified atom stereocenters. The quantitative estimate of drug-likeness (QED) is 0.619. The predicted molar refractivity (Wildman–Crippen MR) is 66.5 cm³/mol. The molecule has 1 heterocycles. The Morgan fingerprint density at radius 3 is 2.72 bits per heavy atom. The van der Waals surface area contributed by atoms with E-state index in [0.717, 1.165) is 24.8 Å². The average molecular weight is 252 g/mol. The Labute approximate surface area is 107 Å². The Balaban J connectivity index is 2.10. The van der Waals surface area contributed by atoms with Crippen molar-refractivity contribution >= 4 is 5.97 Å². The molecule has 0 radical (unpaired) electrons. The molecule has 0 fully saturated rings. The number of hydrogen-bond donors (Lipinski definition) is 1. The molecule has 0 amide bonds. The van der Waals surface area contributed by atoms with Gasteiger partial charge in [-0.1, -0.05) is 6.08 Å². The smallest absolute Gasteiger partial charge is 0.340 e. The number of esters is 1. The zero-order valence-electron chi connectivity index (χ0n) is 11.2. The molecular formula is C14H20O4. The van der Waals surface area contributed by atoms with Gasteiger partial charge in [0.2, 0.25) is 5.79 Å². The first-order valence-electron chi connectivity index (χ1n) is 6.38. The van der Waals surface area contributed by atoms with Crippen molar-refractivity contribution in [1.82, 2.24) is 0 Å². The van der Waals surface area contributed by atoms with Crippen molar-refractivity contribution in [2.24, 2.45) is 0 Å². The highest BCUT2D eigenvalue weighted by atomic mass is 16.7. The fourth-order valence-corrected chi connectivity index (χ4v) is 2.43. The SMILES string of the molecule is CC1=C(CC(O)C2=CCCC2)C(=O)OC(C)(C)O1. The molecule has 0 saturated heterocycles. The first-order chi connectivity index (χ1) is 8.39. The lowest BCUT2D eigenvalue weighted by molar-refractivity contribution is -0.207. The number of rotatable bonds is 3. The highest BCUT2D eigenvalue weighted by Crippen LogP contribution is 2.31. The fraction of sp³-hybridized carbons (Fsp3) is 0.643. The largest absolute Gasteiger partial charge is 0.457 e. The van der Waals surface area contributed by atoms with Crippen LogP contribution in [0.15, 0.2) is 23.0 Å². The summed E-state index contributed by atoms with van der Waals surface area (Å²) in [6, 6.07) is 0.